The Morgan fingerprint density at radius 3 is 2.57 bits per heavy atom. The highest BCUT2D eigenvalue weighted by Gasteiger charge is 2.32. The number of ketones is 1. The molecule has 0 unspecified atom stereocenters. The Morgan fingerprint density at radius 1 is 1.11 bits per heavy atom. The van der Waals surface area contributed by atoms with Gasteiger partial charge in [0, 0.05) is 46.6 Å². The minimum absolute atomic E-state index is 0.123. The maximum atomic E-state index is 13.2. The molecule has 0 bridgehead atoms. The zero-order chi connectivity index (χ0) is 19.8. The van der Waals surface area contributed by atoms with Gasteiger partial charge in [0.05, 0.1) is 21.6 Å². The number of aromatic nitrogens is 1. The van der Waals surface area contributed by atoms with Crippen molar-refractivity contribution >= 4 is 22.2 Å². The second-order valence-corrected chi connectivity index (χ2v) is 6.35. The van der Waals surface area contributed by atoms with Gasteiger partial charge in [-0.05, 0) is 18.0 Å². The van der Waals surface area contributed by atoms with Crippen LogP contribution in [0.1, 0.15) is 22.3 Å². The summed E-state index contributed by atoms with van der Waals surface area (Å²) in [4.78, 5) is 39.5. The maximum absolute atomic E-state index is 13.2. The summed E-state index contributed by atoms with van der Waals surface area (Å²) in [6.07, 6.45) is 0.396. The predicted molar refractivity (Wildman–Crippen MR) is 102 cm³/mol. The van der Waals surface area contributed by atoms with Crippen molar-refractivity contribution in [1.29, 1.82) is 0 Å². The lowest BCUT2D eigenvalue weighted by Crippen LogP contribution is -2.24. The summed E-state index contributed by atoms with van der Waals surface area (Å²) >= 11 is 0. The smallest absolute Gasteiger partial charge is 0.270 e. The number of nitro groups is 1. The molecule has 1 aliphatic carbocycles. The second-order valence-electron chi connectivity index (χ2n) is 6.35. The molecule has 3 aromatic rings. The fraction of sp³-hybridized carbons (Fsp3) is 0.158. The van der Waals surface area contributed by atoms with E-state index >= 15 is 0 Å². The number of azide groups is 1. The highest BCUT2D eigenvalue weighted by atomic mass is 16.6. The highest BCUT2D eigenvalue weighted by Crippen LogP contribution is 2.39. The van der Waals surface area contributed by atoms with E-state index in [1.165, 1.54) is 22.8 Å². The Hall–Kier alpha value is -3.97. The van der Waals surface area contributed by atoms with E-state index in [1.807, 2.05) is 0 Å². The Morgan fingerprint density at radius 2 is 1.86 bits per heavy atom. The van der Waals surface area contributed by atoms with E-state index in [9.17, 15) is 19.7 Å². The summed E-state index contributed by atoms with van der Waals surface area (Å²) in [7, 11) is 0. The molecule has 0 spiro atoms. The first kappa shape index (κ1) is 17.4. The van der Waals surface area contributed by atoms with Gasteiger partial charge in [0.2, 0.25) is 0 Å². The summed E-state index contributed by atoms with van der Waals surface area (Å²) < 4.78 is 1.46. The SMILES string of the molecule is [N-]=[N+]=NCCCn1c2c(c3ccc([N+](=O)[O-])cc3c1=O)C(=O)c1ccccc1-2. The van der Waals surface area contributed by atoms with Crippen LogP contribution in [0.3, 0.4) is 0 Å². The molecule has 28 heavy (non-hydrogen) atoms. The van der Waals surface area contributed by atoms with Crippen LogP contribution < -0.4 is 5.56 Å². The normalized spacial score (nSPS) is 11.8. The Balaban J connectivity index is 2.04. The number of nitro benzene ring substituents is 1. The first-order chi connectivity index (χ1) is 13.5. The average molecular weight is 375 g/mol. The molecule has 2 aromatic carbocycles. The molecular formula is C19H13N5O4. The third-order valence-electron chi connectivity index (χ3n) is 4.82. The van der Waals surface area contributed by atoms with Crippen LogP contribution in [-0.4, -0.2) is 21.8 Å². The van der Waals surface area contributed by atoms with Crippen LogP contribution in [0, 0.1) is 10.1 Å². The molecule has 9 nitrogen and oxygen atoms in total. The van der Waals surface area contributed by atoms with E-state index in [0.29, 0.717) is 34.2 Å². The zero-order valence-electron chi connectivity index (χ0n) is 14.5. The summed E-state index contributed by atoms with van der Waals surface area (Å²) in [5.41, 5.74) is 9.84. The van der Waals surface area contributed by atoms with Crippen molar-refractivity contribution in [2.75, 3.05) is 6.54 Å². The Bertz CT molecular complexity index is 1270. The summed E-state index contributed by atoms with van der Waals surface area (Å²) in [6.45, 7) is 0.417. The molecule has 0 atom stereocenters. The fourth-order valence-electron chi connectivity index (χ4n) is 3.64. The average Bonchev–Trinajstić information content (AvgIpc) is 3.00. The van der Waals surface area contributed by atoms with Gasteiger partial charge in [0.25, 0.3) is 11.2 Å². The number of benzene rings is 2. The van der Waals surface area contributed by atoms with Crippen molar-refractivity contribution in [3.05, 3.63) is 84.5 Å². The van der Waals surface area contributed by atoms with Crippen LogP contribution in [0.2, 0.25) is 0 Å². The van der Waals surface area contributed by atoms with Crippen molar-refractivity contribution in [2.45, 2.75) is 13.0 Å². The highest BCUT2D eigenvalue weighted by molar-refractivity contribution is 6.26. The second kappa shape index (κ2) is 6.64. The molecule has 0 amide bonds. The number of rotatable bonds is 5. The molecule has 9 heteroatoms. The molecule has 1 aromatic heterocycles. The van der Waals surface area contributed by atoms with E-state index in [2.05, 4.69) is 10.0 Å². The number of carbonyl (C=O) groups is 1. The monoisotopic (exact) mass is 375 g/mol. The standard InChI is InChI=1S/C19H13N5O4/c20-22-21-8-3-9-23-17-13-4-1-2-5-14(13)18(25)16(17)12-7-6-11(24(27)28)10-15(12)19(23)26/h1-2,4-7,10H,3,8-9H2. The van der Waals surface area contributed by atoms with E-state index in [1.54, 1.807) is 24.3 Å². The molecule has 4 rings (SSSR count). The number of fused-ring (bicyclic) bond motifs is 5. The van der Waals surface area contributed by atoms with Crippen LogP contribution >= 0.6 is 0 Å². The first-order valence-corrected chi connectivity index (χ1v) is 8.54. The van der Waals surface area contributed by atoms with Gasteiger partial charge in [-0.2, -0.15) is 0 Å². The molecule has 0 saturated heterocycles. The lowest BCUT2D eigenvalue weighted by molar-refractivity contribution is -0.384. The van der Waals surface area contributed by atoms with Crippen molar-refractivity contribution in [2.24, 2.45) is 5.11 Å². The number of non-ortho nitro benzene ring substituents is 1. The largest absolute Gasteiger partial charge is 0.307 e. The lowest BCUT2D eigenvalue weighted by atomic mass is 10.0. The molecule has 0 saturated carbocycles. The van der Waals surface area contributed by atoms with Crippen molar-refractivity contribution in [3.63, 3.8) is 0 Å². The minimum Gasteiger partial charge on any atom is -0.307 e. The summed E-state index contributed by atoms with van der Waals surface area (Å²) in [6, 6.07) is 11.0. The van der Waals surface area contributed by atoms with Gasteiger partial charge in [-0.15, -0.1) is 0 Å². The predicted octanol–water partition coefficient (Wildman–Crippen LogP) is 3.82. The van der Waals surface area contributed by atoms with Crippen molar-refractivity contribution < 1.29 is 9.72 Å². The fourth-order valence-corrected chi connectivity index (χ4v) is 3.64. The van der Waals surface area contributed by atoms with Gasteiger partial charge in [0.1, 0.15) is 0 Å². The van der Waals surface area contributed by atoms with Gasteiger partial charge in [-0.25, -0.2) is 0 Å². The van der Waals surface area contributed by atoms with E-state index in [4.69, 9.17) is 5.53 Å². The van der Waals surface area contributed by atoms with Crippen LogP contribution in [-0.2, 0) is 6.54 Å². The number of pyridine rings is 1. The van der Waals surface area contributed by atoms with Crippen molar-refractivity contribution in [3.8, 4) is 11.3 Å². The number of hydrogen-bond donors (Lipinski definition) is 0. The third kappa shape index (κ3) is 2.53. The molecule has 1 aliphatic rings. The van der Waals surface area contributed by atoms with Crippen LogP contribution in [0.4, 0.5) is 5.69 Å². The zero-order valence-corrected chi connectivity index (χ0v) is 14.5. The number of carbonyl (C=O) groups excluding carboxylic acids is 1. The molecule has 1 heterocycles. The minimum atomic E-state index is -0.575. The van der Waals surface area contributed by atoms with Crippen LogP contribution in [0.15, 0.2) is 52.4 Å². The molecule has 0 radical (unpaired) electrons. The Labute approximate surface area is 157 Å². The topological polar surface area (TPSA) is 131 Å². The molecule has 0 fully saturated rings. The van der Waals surface area contributed by atoms with Crippen molar-refractivity contribution in [1.82, 2.24) is 4.57 Å². The van der Waals surface area contributed by atoms with Crippen LogP contribution in [0.5, 0.6) is 0 Å². The van der Waals surface area contributed by atoms with E-state index < -0.39 is 10.5 Å². The lowest BCUT2D eigenvalue weighted by Gasteiger charge is -2.14. The van der Waals surface area contributed by atoms with Gasteiger partial charge in [0.15, 0.2) is 5.78 Å². The Kier molecular flexibility index (Phi) is 4.14. The van der Waals surface area contributed by atoms with Gasteiger partial charge in [-0.3, -0.25) is 19.7 Å². The van der Waals surface area contributed by atoms with Gasteiger partial charge >= 0.3 is 0 Å². The quantitative estimate of drug-likeness (QED) is 0.131. The molecule has 0 N–H and O–H groups in total. The third-order valence-corrected chi connectivity index (χ3v) is 4.82. The molecule has 138 valence electrons. The molecule has 0 aliphatic heterocycles. The molecular weight excluding hydrogens is 362 g/mol. The van der Waals surface area contributed by atoms with Gasteiger partial charge in [-0.1, -0.05) is 29.4 Å². The van der Waals surface area contributed by atoms with Crippen LogP contribution in [0.25, 0.3) is 32.5 Å². The summed E-state index contributed by atoms with van der Waals surface area (Å²) in [5.74, 6) is -0.215. The maximum Gasteiger partial charge on any atom is 0.270 e. The van der Waals surface area contributed by atoms with Gasteiger partial charge < -0.3 is 4.57 Å². The number of nitrogens with zero attached hydrogens (tertiary/aromatic N) is 5. The first-order valence-electron chi connectivity index (χ1n) is 8.54. The number of hydrogen-bond acceptors (Lipinski definition) is 5. The van der Waals surface area contributed by atoms with E-state index in [-0.39, 0.29) is 29.9 Å². The van der Waals surface area contributed by atoms with E-state index in [0.717, 1.165) is 0 Å². The summed E-state index contributed by atoms with van der Waals surface area (Å²) in [5, 5.41) is 15.1.